The third kappa shape index (κ3) is 4.69. The fourth-order valence-electron chi connectivity index (χ4n) is 3.12. The smallest absolute Gasteiger partial charge is 0.270 e. The maximum Gasteiger partial charge on any atom is 0.270 e. The Balaban J connectivity index is 1.63. The number of hydrogen-bond acceptors (Lipinski definition) is 9. The van der Waals surface area contributed by atoms with Crippen molar-refractivity contribution in [2.75, 3.05) is 5.32 Å². The zero-order valence-corrected chi connectivity index (χ0v) is 18.7. The highest BCUT2D eigenvalue weighted by Gasteiger charge is 2.21. The van der Waals surface area contributed by atoms with Gasteiger partial charge in [0.2, 0.25) is 5.91 Å². The van der Waals surface area contributed by atoms with E-state index >= 15 is 0 Å². The van der Waals surface area contributed by atoms with Crippen molar-refractivity contribution in [2.45, 2.75) is 17.2 Å². The summed E-state index contributed by atoms with van der Waals surface area (Å²) in [6.45, 7) is 1.69. The molecule has 4 aromatic rings. The van der Waals surface area contributed by atoms with Gasteiger partial charge in [0, 0.05) is 28.6 Å². The van der Waals surface area contributed by atoms with Crippen molar-refractivity contribution >= 4 is 56.9 Å². The third-order valence-corrected chi connectivity index (χ3v) is 6.76. The maximum absolute atomic E-state index is 12.8. The molecule has 0 aliphatic heterocycles. The first-order valence-corrected chi connectivity index (χ1v) is 11.4. The second-order valence-corrected chi connectivity index (χ2v) is 9.15. The number of phenols is 1. The van der Waals surface area contributed by atoms with Crippen molar-refractivity contribution in [3.63, 3.8) is 0 Å². The normalized spacial score (nSPS) is 11.8. The first-order valence-electron chi connectivity index (χ1n) is 9.60. The van der Waals surface area contributed by atoms with E-state index in [0.29, 0.717) is 32.7 Å². The summed E-state index contributed by atoms with van der Waals surface area (Å²) in [6.07, 6.45) is 2.03. The fourth-order valence-corrected chi connectivity index (χ4v) is 5.03. The van der Waals surface area contributed by atoms with E-state index in [-0.39, 0.29) is 17.1 Å². The molecule has 2 heterocycles. The molecule has 2 aromatic heterocycles. The molecule has 33 heavy (non-hydrogen) atoms. The predicted molar refractivity (Wildman–Crippen MR) is 127 cm³/mol. The second kappa shape index (κ2) is 9.35. The molecule has 2 aromatic carbocycles. The van der Waals surface area contributed by atoms with Gasteiger partial charge in [0.25, 0.3) is 5.69 Å². The summed E-state index contributed by atoms with van der Waals surface area (Å²) in [5, 5.41) is 26.3. The molecule has 1 unspecified atom stereocenters. The molecule has 4 rings (SSSR count). The van der Waals surface area contributed by atoms with Crippen LogP contribution in [0, 0.1) is 10.1 Å². The summed E-state index contributed by atoms with van der Waals surface area (Å²) in [4.78, 5) is 43.8. The molecule has 0 radical (unpaired) electrons. The monoisotopic (exact) mass is 480 g/mol. The number of nitro groups is 1. The summed E-state index contributed by atoms with van der Waals surface area (Å²) < 4.78 is 0. The topological polar surface area (TPSA) is 135 Å². The molecule has 0 aliphatic carbocycles. The summed E-state index contributed by atoms with van der Waals surface area (Å²) in [6, 6.07) is 10.5. The van der Waals surface area contributed by atoms with E-state index in [9.17, 15) is 24.8 Å². The van der Waals surface area contributed by atoms with Gasteiger partial charge in [-0.3, -0.25) is 19.7 Å². The number of aromatic hydroxyl groups is 1. The number of aldehydes is 1. The average molecular weight is 481 g/mol. The predicted octanol–water partition coefficient (Wildman–Crippen LogP) is 4.90. The van der Waals surface area contributed by atoms with Gasteiger partial charge in [0.1, 0.15) is 28.2 Å². The SMILES string of the molecule is CC(Sc1ncnc2scc(-c3cccc([N+](=O)[O-])c3)c12)C(=O)Nc1cc(C=O)ccc1O. The van der Waals surface area contributed by atoms with E-state index in [1.54, 1.807) is 19.1 Å². The average Bonchev–Trinajstić information content (AvgIpc) is 3.25. The Hall–Kier alpha value is -3.83. The first-order chi connectivity index (χ1) is 15.9. The van der Waals surface area contributed by atoms with Crippen LogP contribution in [-0.4, -0.2) is 37.4 Å². The lowest BCUT2D eigenvalue weighted by Crippen LogP contribution is -2.22. The van der Waals surface area contributed by atoms with Crippen molar-refractivity contribution in [3.8, 4) is 16.9 Å². The number of benzene rings is 2. The Morgan fingerprint density at radius 1 is 1.27 bits per heavy atom. The number of thiophene rings is 1. The van der Waals surface area contributed by atoms with E-state index in [1.807, 2.05) is 5.38 Å². The van der Waals surface area contributed by atoms with Crippen LogP contribution in [0.3, 0.4) is 0 Å². The number of nitrogens with zero attached hydrogens (tertiary/aromatic N) is 3. The van der Waals surface area contributed by atoms with Crippen molar-refractivity contribution in [2.24, 2.45) is 0 Å². The van der Waals surface area contributed by atoms with Crippen LogP contribution in [0.15, 0.2) is 59.2 Å². The molecular weight excluding hydrogens is 464 g/mol. The summed E-state index contributed by atoms with van der Waals surface area (Å²) in [5.74, 6) is -0.543. The lowest BCUT2D eigenvalue weighted by atomic mass is 10.1. The molecule has 0 spiro atoms. The number of amides is 1. The fraction of sp³-hybridized carbons (Fsp3) is 0.0909. The van der Waals surface area contributed by atoms with Gasteiger partial charge in [-0.25, -0.2) is 9.97 Å². The number of carbonyl (C=O) groups is 2. The molecule has 166 valence electrons. The lowest BCUT2D eigenvalue weighted by Gasteiger charge is -2.13. The molecule has 0 fully saturated rings. The Morgan fingerprint density at radius 3 is 2.85 bits per heavy atom. The molecule has 2 N–H and O–H groups in total. The number of hydrogen-bond donors (Lipinski definition) is 2. The van der Waals surface area contributed by atoms with E-state index in [2.05, 4.69) is 15.3 Å². The largest absolute Gasteiger partial charge is 0.506 e. The molecule has 0 saturated heterocycles. The first kappa shape index (κ1) is 22.4. The van der Waals surface area contributed by atoms with Crippen LogP contribution in [-0.2, 0) is 4.79 Å². The molecule has 11 heteroatoms. The molecule has 0 aliphatic rings. The minimum Gasteiger partial charge on any atom is -0.506 e. The van der Waals surface area contributed by atoms with Crippen molar-refractivity contribution < 1.29 is 19.6 Å². The minimum atomic E-state index is -0.611. The Kier molecular flexibility index (Phi) is 6.33. The Bertz CT molecular complexity index is 1390. The van der Waals surface area contributed by atoms with Gasteiger partial charge in [-0.15, -0.1) is 11.3 Å². The Morgan fingerprint density at radius 2 is 2.09 bits per heavy atom. The van der Waals surface area contributed by atoms with Crippen LogP contribution in [0.4, 0.5) is 11.4 Å². The number of carbonyl (C=O) groups excluding carboxylic acids is 2. The van der Waals surface area contributed by atoms with Crippen molar-refractivity contribution in [1.82, 2.24) is 9.97 Å². The van der Waals surface area contributed by atoms with Gasteiger partial charge in [-0.1, -0.05) is 23.9 Å². The number of phenolic OH excluding ortho intramolecular Hbond substituents is 1. The lowest BCUT2D eigenvalue weighted by molar-refractivity contribution is -0.384. The molecular formula is C22H16N4O5S2. The number of fused-ring (bicyclic) bond motifs is 1. The molecule has 0 bridgehead atoms. The standard InChI is InChI=1S/C22H16N4O5S2/c1-12(20(29)25-17-7-13(9-27)5-6-18(17)28)33-22-19-16(10-32-21(19)23-11-24-22)14-3-2-4-15(8-14)26(30)31/h2-12,28H,1H3,(H,25,29). The van der Waals surface area contributed by atoms with Gasteiger partial charge in [-0.2, -0.15) is 0 Å². The van der Waals surface area contributed by atoms with Crippen LogP contribution in [0.1, 0.15) is 17.3 Å². The van der Waals surface area contributed by atoms with Gasteiger partial charge < -0.3 is 10.4 Å². The van der Waals surface area contributed by atoms with Crippen LogP contribution in [0.25, 0.3) is 21.3 Å². The zero-order chi connectivity index (χ0) is 23.5. The number of aromatic nitrogens is 2. The number of nitrogens with one attached hydrogen (secondary N) is 1. The maximum atomic E-state index is 12.8. The van der Waals surface area contributed by atoms with Crippen LogP contribution in [0.2, 0.25) is 0 Å². The highest BCUT2D eigenvalue weighted by molar-refractivity contribution is 8.00. The summed E-state index contributed by atoms with van der Waals surface area (Å²) in [5.41, 5.74) is 1.83. The number of thioether (sulfide) groups is 1. The van der Waals surface area contributed by atoms with Gasteiger partial charge in [-0.05, 0) is 30.7 Å². The van der Waals surface area contributed by atoms with Crippen molar-refractivity contribution in [3.05, 3.63) is 69.8 Å². The van der Waals surface area contributed by atoms with E-state index in [0.717, 1.165) is 5.56 Å². The van der Waals surface area contributed by atoms with E-state index in [1.165, 1.54) is 59.8 Å². The molecule has 0 saturated carbocycles. The highest BCUT2D eigenvalue weighted by Crippen LogP contribution is 2.40. The molecule has 1 amide bonds. The number of anilines is 1. The van der Waals surface area contributed by atoms with Gasteiger partial charge in [0.05, 0.1) is 21.2 Å². The quantitative estimate of drug-likeness (QED) is 0.0952. The van der Waals surface area contributed by atoms with E-state index in [4.69, 9.17) is 0 Å². The van der Waals surface area contributed by atoms with Crippen LogP contribution in [0.5, 0.6) is 5.75 Å². The van der Waals surface area contributed by atoms with Gasteiger partial charge >= 0.3 is 0 Å². The van der Waals surface area contributed by atoms with Crippen molar-refractivity contribution in [1.29, 1.82) is 0 Å². The Labute approximate surface area is 195 Å². The van der Waals surface area contributed by atoms with Crippen LogP contribution < -0.4 is 5.32 Å². The number of nitro benzene ring substituents is 1. The minimum absolute atomic E-state index is 0.0250. The summed E-state index contributed by atoms with van der Waals surface area (Å²) >= 11 is 2.58. The number of rotatable bonds is 7. The second-order valence-electron chi connectivity index (χ2n) is 6.96. The van der Waals surface area contributed by atoms with Gasteiger partial charge in [0.15, 0.2) is 0 Å². The molecule has 9 nitrogen and oxygen atoms in total. The molecule has 1 atom stereocenters. The van der Waals surface area contributed by atoms with E-state index < -0.39 is 16.1 Å². The number of non-ortho nitro benzene ring substituents is 1. The highest BCUT2D eigenvalue weighted by atomic mass is 32.2. The van der Waals surface area contributed by atoms with Crippen LogP contribution >= 0.6 is 23.1 Å². The third-order valence-electron chi connectivity index (χ3n) is 4.78. The summed E-state index contributed by atoms with van der Waals surface area (Å²) in [7, 11) is 0. The zero-order valence-electron chi connectivity index (χ0n) is 17.1.